The van der Waals surface area contributed by atoms with Crippen molar-refractivity contribution in [2.24, 2.45) is 0 Å². The smallest absolute Gasteiger partial charge is 0.337 e. The standard InChI is InChI=1S/C19H19FN2O3/c1-24-19(23)14-5-6-15(16(20)11-14)12-25-18-4-2-3-17(22-18)13-7-9-21-10-8-13/h2-7,11,21H,8-10,12H2,1H3. The number of pyridine rings is 1. The number of hydrogen-bond donors (Lipinski definition) is 1. The van der Waals surface area contributed by atoms with E-state index in [4.69, 9.17) is 4.74 Å². The third-order valence-corrected chi connectivity index (χ3v) is 3.97. The maximum absolute atomic E-state index is 14.1. The minimum atomic E-state index is -0.573. The number of methoxy groups -OCH3 is 1. The van der Waals surface area contributed by atoms with E-state index in [2.05, 4.69) is 21.1 Å². The van der Waals surface area contributed by atoms with Crippen molar-refractivity contribution in [3.05, 3.63) is 65.1 Å². The van der Waals surface area contributed by atoms with Gasteiger partial charge in [0.1, 0.15) is 12.4 Å². The number of nitrogens with one attached hydrogen (secondary N) is 1. The van der Waals surface area contributed by atoms with Crippen molar-refractivity contribution < 1.29 is 18.7 Å². The van der Waals surface area contributed by atoms with Crippen molar-refractivity contribution in [3.63, 3.8) is 0 Å². The quantitative estimate of drug-likeness (QED) is 0.847. The Morgan fingerprint density at radius 1 is 1.32 bits per heavy atom. The predicted molar refractivity (Wildman–Crippen MR) is 91.8 cm³/mol. The Hall–Kier alpha value is -2.73. The number of rotatable bonds is 5. The normalized spacial score (nSPS) is 13.9. The molecule has 2 heterocycles. The molecular formula is C19H19FN2O3. The van der Waals surface area contributed by atoms with E-state index in [9.17, 15) is 9.18 Å². The van der Waals surface area contributed by atoms with Crippen LogP contribution in [-0.4, -0.2) is 31.2 Å². The number of nitrogens with zero attached hydrogens (tertiary/aromatic N) is 1. The minimum absolute atomic E-state index is 0.0321. The number of benzene rings is 1. The molecule has 0 radical (unpaired) electrons. The third-order valence-electron chi connectivity index (χ3n) is 3.97. The highest BCUT2D eigenvalue weighted by Gasteiger charge is 2.11. The molecule has 1 aliphatic heterocycles. The Bertz CT molecular complexity index is 805. The zero-order valence-corrected chi connectivity index (χ0v) is 13.9. The molecular weight excluding hydrogens is 323 g/mol. The van der Waals surface area contributed by atoms with Gasteiger partial charge in [-0.1, -0.05) is 18.2 Å². The van der Waals surface area contributed by atoms with E-state index in [0.29, 0.717) is 11.4 Å². The number of halogens is 1. The number of carbonyl (C=O) groups excluding carboxylic acids is 1. The Morgan fingerprint density at radius 2 is 2.20 bits per heavy atom. The molecule has 3 rings (SSSR count). The molecule has 0 unspecified atom stereocenters. The van der Waals surface area contributed by atoms with Crippen LogP contribution >= 0.6 is 0 Å². The lowest BCUT2D eigenvalue weighted by Crippen LogP contribution is -2.20. The number of esters is 1. The van der Waals surface area contributed by atoms with Gasteiger partial charge in [-0.05, 0) is 36.7 Å². The van der Waals surface area contributed by atoms with E-state index in [1.54, 1.807) is 6.07 Å². The second kappa shape index (κ2) is 7.90. The van der Waals surface area contributed by atoms with Crippen LogP contribution in [0.4, 0.5) is 4.39 Å². The average molecular weight is 342 g/mol. The summed E-state index contributed by atoms with van der Waals surface area (Å²) in [7, 11) is 1.26. The summed E-state index contributed by atoms with van der Waals surface area (Å²) < 4.78 is 24.3. The van der Waals surface area contributed by atoms with Gasteiger partial charge in [0.15, 0.2) is 0 Å². The molecule has 1 aliphatic rings. The van der Waals surface area contributed by atoms with Gasteiger partial charge < -0.3 is 14.8 Å². The van der Waals surface area contributed by atoms with Crippen LogP contribution in [0.2, 0.25) is 0 Å². The number of aromatic nitrogens is 1. The molecule has 5 nitrogen and oxygen atoms in total. The fraction of sp³-hybridized carbons (Fsp3) is 0.263. The molecule has 0 bridgehead atoms. The van der Waals surface area contributed by atoms with E-state index >= 15 is 0 Å². The Balaban J connectivity index is 1.69. The lowest BCUT2D eigenvalue weighted by Gasteiger charge is -2.14. The van der Waals surface area contributed by atoms with Crippen molar-refractivity contribution in [2.75, 3.05) is 20.2 Å². The second-order valence-electron chi connectivity index (χ2n) is 5.63. The van der Waals surface area contributed by atoms with Crippen LogP contribution in [-0.2, 0) is 11.3 Å². The van der Waals surface area contributed by atoms with Crippen LogP contribution in [0.3, 0.4) is 0 Å². The third kappa shape index (κ3) is 4.22. The molecule has 1 aromatic carbocycles. The van der Waals surface area contributed by atoms with Crippen LogP contribution in [0.15, 0.2) is 42.5 Å². The summed E-state index contributed by atoms with van der Waals surface area (Å²) in [5.74, 6) is -0.649. The van der Waals surface area contributed by atoms with Crippen LogP contribution in [0.1, 0.15) is 28.0 Å². The van der Waals surface area contributed by atoms with Crippen LogP contribution in [0.25, 0.3) is 5.57 Å². The zero-order chi connectivity index (χ0) is 17.6. The largest absolute Gasteiger partial charge is 0.473 e. The average Bonchev–Trinajstić information content (AvgIpc) is 2.67. The first-order valence-electron chi connectivity index (χ1n) is 8.04. The Morgan fingerprint density at radius 3 is 2.92 bits per heavy atom. The van der Waals surface area contributed by atoms with Gasteiger partial charge in [-0.15, -0.1) is 0 Å². The topological polar surface area (TPSA) is 60.5 Å². The van der Waals surface area contributed by atoms with Gasteiger partial charge in [0.05, 0.1) is 18.4 Å². The van der Waals surface area contributed by atoms with E-state index < -0.39 is 11.8 Å². The highest BCUT2D eigenvalue weighted by molar-refractivity contribution is 5.89. The van der Waals surface area contributed by atoms with Gasteiger partial charge in [0, 0.05) is 18.2 Å². The fourth-order valence-electron chi connectivity index (χ4n) is 2.59. The second-order valence-corrected chi connectivity index (χ2v) is 5.63. The van der Waals surface area contributed by atoms with E-state index in [1.165, 1.54) is 24.8 Å². The summed E-state index contributed by atoms with van der Waals surface area (Å²) in [5, 5.41) is 3.26. The molecule has 0 atom stereocenters. The molecule has 0 aliphatic carbocycles. The summed E-state index contributed by atoms with van der Waals surface area (Å²) in [6.45, 7) is 1.79. The molecule has 1 aromatic heterocycles. The molecule has 2 aromatic rings. The number of carbonyl (C=O) groups is 1. The predicted octanol–water partition coefficient (Wildman–Crippen LogP) is 2.96. The van der Waals surface area contributed by atoms with E-state index in [1.807, 2.05) is 12.1 Å². The molecule has 0 spiro atoms. The number of ether oxygens (including phenoxy) is 2. The fourth-order valence-corrected chi connectivity index (χ4v) is 2.59. The summed E-state index contributed by atoms with van der Waals surface area (Å²) in [6, 6.07) is 9.73. The van der Waals surface area contributed by atoms with Gasteiger partial charge in [-0.2, -0.15) is 0 Å². The molecule has 6 heteroatoms. The van der Waals surface area contributed by atoms with E-state index in [-0.39, 0.29) is 12.2 Å². The molecule has 0 saturated carbocycles. The Kier molecular flexibility index (Phi) is 5.40. The minimum Gasteiger partial charge on any atom is -0.473 e. The van der Waals surface area contributed by atoms with E-state index in [0.717, 1.165) is 31.3 Å². The molecule has 0 saturated heterocycles. The maximum Gasteiger partial charge on any atom is 0.337 e. The van der Waals surface area contributed by atoms with Crippen molar-refractivity contribution >= 4 is 11.5 Å². The van der Waals surface area contributed by atoms with Crippen molar-refractivity contribution in [1.82, 2.24) is 10.3 Å². The van der Waals surface area contributed by atoms with Gasteiger partial charge in [-0.3, -0.25) is 0 Å². The lowest BCUT2D eigenvalue weighted by molar-refractivity contribution is 0.0600. The highest BCUT2D eigenvalue weighted by atomic mass is 19.1. The molecule has 25 heavy (non-hydrogen) atoms. The van der Waals surface area contributed by atoms with Crippen molar-refractivity contribution in [2.45, 2.75) is 13.0 Å². The van der Waals surface area contributed by atoms with Gasteiger partial charge in [-0.25, -0.2) is 14.2 Å². The summed E-state index contributed by atoms with van der Waals surface area (Å²) in [4.78, 5) is 15.9. The molecule has 1 N–H and O–H groups in total. The first-order chi connectivity index (χ1) is 12.2. The van der Waals surface area contributed by atoms with Gasteiger partial charge in [0.25, 0.3) is 0 Å². The highest BCUT2D eigenvalue weighted by Crippen LogP contribution is 2.21. The van der Waals surface area contributed by atoms with Crippen molar-refractivity contribution in [1.29, 1.82) is 0 Å². The number of hydrogen-bond acceptors (Lipinski definition) is 5. The molecule has 130 valence electrons. The summed E-state index contributed by atoms with van der Waals surface area (Å²) >= 11 is 0. The maximum atomic E-state index is 14.1. The van der Waals surface area contributed by atoms with Gasteiger partial charge in [0.2, 0.25) is 5.88 Å². The molecule has 0 fully saturated rings. The zero-order valence-electron chi connectivity index (χ0n) is 13.9. The molecule has 0 amide bonds. The lowest BCUT2D eigenvalue weighted by atomic mass is 10.1. The summed E-state index contributed by atoms with van der Waals surface area (Å²) in [5.41, 5.74) is 2.57. The van der Waals surface area contributed by atoms with Crippen LogP contribution in [0.5, 0.6) is 5.88 Å². The van der Waals surface area contributed by atoms with Crippen LogP contribution < -0.4 is 10.1 Å². The monoisotopic (exact) mass is 342 g/mol. The first kappa shape index (κ1) is 17.1. The SMILES string of the molecule is COC(=O)c1ccc(COc2cccc(C3=CCNCC3)n2)c(F)c1. The first-order valence-corrected chi connectivity index (χ1v) is 8.04. The van der Waals surface area contributed by atoms with Gasteiger partial charge >= 0.3 is 5.97 Å². The Labute approximate surface area is 145 Å². The summed E-state index contributed by atoms with van der Waals surface area (Å²) in [6.07, 6.45) is 3.03. The van der Waals surface area contributed by atoms with Crippen LogP contribution in [0, 0.1) is 5.82 Å². The van der Waals surface area contributed by atoms with Crippen molar-refractivity contribution in [3.8, 4) is 5.88 Å².